The van der Waals surface area contributed by atoms with E-state index in [-0.39, 0.29) is 11.5 Å². The first kappa shape index (κ1) is 13.6. The number of rotatable bonds is 3. The fourth-order valence-electron chi connectivity index (χ4n) is 1.80. The maximum atomic E-state index is 12.1. The van der Waals surface area contributed by atoms with Crippen molar-refractivity contribution in [3.05, 3.63) is 51.1 Å². The Morgan fingerprint density at radius 3 is 2.68 bits per heavy atom. The molecule has 1 amide bonds. The van der Waals surface area contributed by atoms with Gasteiger partial charge in [-0.05, 0) is 35.0 Å². The molecule has 19 heavy (non-hydrogen) atoms. The van der Waals surface area contributed by atoms with Gasteiger partial charge in [0.2, 0.25) is 0 Å². The number of pyridine rings is 1. The summed E-state index contributed by atoms with van der Waals surface area (Å²) >= 11 is 3.32. The quantitative estimate of drug-likeness (QED) is 0.941. The first-order valence-corrected chi connectivity index (χ1v) is 6.64. The molecule has 0 saturated heterocycles. The second-order valence-electron chi connectivity index (χ2n) is 4.15. The SMILES string of the molecule is CCn1cc(NC(=O)c2cc(Br)cn2C)ccc1=O. The summed E-state index contributed by atoms with van der Waals surface area (Å²) in [5, 5.41) is 2.77. The number of carbonyl (C=O) groups excluding carboxylic acids is 1. The molecule has 0 spiro atoms. The third-order valence-electron chi connectivity index (χ3n) is 2.79. The number of carbonyl (C=O) groups is 1. The van der Waals surface area contributed by atoms with Crippen LogP contribution in [0.15, 0.2) is 39.9 Å². The zero-order valence-corrected chi connectivity index (χ0v) is 12.3. The highest BCUT2D eigenvalue weighted by atomic mass is 79.9. The summed E-state index contributed by atoms with van der Waals surface area (Å²) < 4.78 is 4.12. The Morgan fingerprint density at radius 1 is 1.37 bits per heavy atom. The number of anilines is 1. The van der Waals surface area contributed by atoms with E-state index in [9.17, 15) is 9.59 Å². The van der Waals surface area contributed by atoms with Gasteiger partial charge in [-0.25, -0.2) is 0 Å². The molecule has 1 N–H and O–H groups in total. The predicted octanol–water partition coefficient (Wildman–Crippen LogP) is 2.22. The Morgan fingerprint density at radius 2 is 2.11 bits per heavy atom. The highest BCUT2D eigenvalue weighted by Crippen LogP contribution is 2.15. The smallest absolute Gasteiger partial charge is 0.272 e. The van der Waals surface area contributed by atoms with Crippen molar-refractivity contribution in [1.82, 2.24) is 9.13 Å². The largest absolute Gasteiger partial charge is 0.345 e. The number of nitrogens with one attached hydrogen (secondary N) is 1. The first-order chi connectivity index (χ1) is 9.01. The number of hydrogen-bond donors (Lipinski definition) is 1. The molecule has 0 saturated carbocycles. The predicted molar refractivity (Wildman–Crippen MR) is 77.4 cm³/mol. The van der Waals surface area contributed by atoms with Crippen molar-refractivity contribution >= 4 is 27.5 Å². The zero-order chi connectivity index (χ0) is 14.0. The summed E-state index contributed by atoms with van der Waals surface area (Å²) in [6.45, 7) is 2.44. The minimum atomic E-state index is -0.213. The van der Waals surface area contributed by atoms with Crippen molar-refractivity contribution in [2.75, 3.05) is 5.32 Å². The molecular formula is C13H14BrN3O2. The second-order valence-corrected chi connectivity index (χ2v) is 5.07. The van der Waals surface area contributed by atoms with Crippen LogP contribution in [0.25, 0.3) is 0 Å². The summed E-state index contributed by atoms with van der Waals surface area (Å²) in [6, 6.07) is 4.79. The zero-order valence-electron chi connectivity index (χ0n) is 10.7. The molecule has 6 heteroatoms. The van der Waals surface area contributed by atoms with E-state index in [1.165, 1.54) is 10.6 Å². The van der Waals surface area contributed by atoms with Gasteiger partial charge in [0.05, 0.1) is 5.69 Å². The van der Waals surface area contributed by atoms with Crippen LogP contribution in [0, 0.1) is 0 Å². The van der Waals surface area contributed by atoms with Crippen LogP contribution in [0.3, 0.4) is 0 Å². The molecule has 0 bridgehead atoms. The molecule has 0 aliphatic heterocycles. The van der Waals surface area contributed by atoms with E-state index in [4.69, 9.17) is 0 Å². The van der Waals surface area contributed by atoms with Crippen molar-refractivity contribution in [3.8, 4) is 0 Å². The third kappa shape index (κ3) is 2.96. The lowest BCUT2D eigenvalue weighted by Crippen LogP contribution is -2.20. The molecule has 0 aliphatic carbocycles. The van der Waals surface area contributed by atoms with Crippen molar-refractivity contribution < 1.29 is 4.79 Å². The van der Waals surface area contributed by atoms with Crippen LogP contribution in [0.1, 0.15) is 17.4 Å². The van der Waals surface area contributed by atoms with Crippen LogP contribution in [0.2, 0.25) is 0 Å². The van der Waals surface area contributed by atoms with Crippen molar-refractivity contribution in [2.24, 2.45) is 7.05 Å². The molecule has 5 nitrogen and oxygen atoms in total. The lowest BCUT2D eigenvalue weighted by Gasteiger charge is -2.08. The van der Waals surface area contributed by atoms with Gasteiger partial charge in [0.15, 0.2) is 0 Å². The molecule has 0 aromatic carbocycles. The van der Waals surface area contributed by atoms with Gasteiger partial charge in [-0.3, -0.25) is 9.59 Å². The summed E-state index contributed by atoms with van der Waals surface area (Å²) in [5.41, 5.74) is 1.06. The van der Waals surface area contributed by atoms with E-state index in [2.05, 4.69) is 21.2 Å². The summed E-state index contributed by atoms with van der Waals surface area (Å²) in [6.07, 6.45) is 3.44. The van der Waals surface area contributed by atoms with Crippen molar-refractivity contribution in [1.29, 1.82) is 0 Å². The topological polar surface area (TPSA) is 56.0 Å². The highest BCUT2D eigenvalue weighted by molar-refractivity contribution is 9.10. The number of amides is 1. The van der Waals surface area contributed by atoms with Gasteiger partial charge in [-0.15, -0.1) is 0 Å². The van der Waals surface area contributed by atoms with Gasteiger partial charge in [0, 0.05) is 36.5 Å². The number of aryl methyl sites for hydroxylation is 2. The Kier molecular flexibility index (Phi) is 3.90. The van der Waals surface area contributed by atoms with E-state index in [0.29, 0.717) is 17.9 Å². The Bertz CT molecular complexity index is 673. The lowest BCUT2D eigenvalue weighted by molar-refractivity contribution is 0.101. The van der Waals surface area contributed by atoms with Crippen LogP contribution >= 0.6 is 15.9 Å². The maximum Gasteiger partial charge on any atom is 0.272 e. The summed E-state index contributed by atoms with van der Waals surface area (Å²) in [7, 11) is 1.80. The minimum Gasteiger partial charge on any atom is -0.345 e. The van der Waals surface area contributed by atoms with Crippen LogP contribution in [-0.2, 0) is 13.6 Å². The standard InChI is InChI=1S/C13H14BrN3O2/c1-3-17-8-10(4-5-12(17)18)15-13(19)11-6-9(14)7-16(11)2/h4-8H,3H2,1-2H3,(H,15,19). The average molecular weight is 324 g/mol. The summed E-state index contributed by atoms with van der Waals surface area (Å²) in [4.78, 5) is 23.5. The Labute approximate surface area is 119 Å². The number of hydrogen-bond acceptors (Lipinski definition) is 2. The molecule has 0 unspecified atom stereocenters. The van der Waals surface area contributed by atoms with Crippen molar-refractivity contribution in [3.63, 3.8) is 0 Å². The highest BCUT2D eigenvalue weighted by Gasteiger charge is 2.11. The number of aromatic nitrogens is 2. The van der Waals surface area contributed by atoms with Gasteiger partial charge in [0.25, 0.3) is 11.5 Å². The lowest BCUT2D eigenvalue weighted by atomic mass is 10.3. The van der Waals surface area contributed by atoms with Crippen LogP contribution in [0.5, 0.6) is 0 Å². The van der Waals surface area contributed by atoms with Gasteiger partial charge in [-0.2, -0.15) is 0 Å². The third-order valence-corrected chi connectivity index (χ3v) is 3.22. The van der Waals surface area contributed by atoms with E-state index < -0.39 is 0 Å². The molecular weight excluding hydrogens is 310 g/mol. The van der Waals surface area contributed by atoms with Gasteiger partial charge < -0.3 is 14.5 Å². The fraction of sp³-hybridized carbons (Fsp3) is 0.231. The van der Waals surface area contributed by atoms with Crippen molar-refractivity contribution in [2.45, 2.75) is 13.5 Å². The Hall–Kier alpha value is -1.82. The monoisotopic (exact) mass is 323 g/mol. The first-order valence-electron chi connectivity index (χ1n) is 5.85. The summed E-state index contributed by atoms with van der Waals surface area (Å²) in [5.74, 6) is -0.213. The van der Waals surface area contributed by atoms with Gasteiger partial charge in [0.1, 0.15) is 5.69 Å². The Balaban J connectivity index is 2.24. The molecule has 0 atom stereocenters. The van der Waals surface area contributed by atoms with E-state index in [0.717, 1.165) is 4.47 Å². The molecule has 0 fully saturated rings. The van der Waals surface area contributed by atoms with E-state index in [1.807, 2.05) is 13.1 Å². The normalized spacial score (nSPS) is 10.5. The fourth-order valence-corrected chi connectivity index (χ4v) is 2.32. The molecule has 2 heterocycles. The number of halogens is 1. The molecule has 0 aliphatic rings. The average Bonchev–Trinajstić information content (AvgIpc) is 2.71. The molecule has 2 aromatic rings. The molecule has 2 rings (SSSR count). The number of nitrogens with zero attached hydrogens (tertiary/aromatic N) is 2. The van der Waals surface area contributed by atoms with E-state index in [1.54, 1.807) is 29.9 Å². The van der Waals surface area contributed by atoms with E-state index >= 15 is 0 Å². The second kappa shape index (κ2) is 5.44. The molecule has 100 valence electrons. The van der Waals surface area contributed by atoms with Crippen LogP contribution in [-0.4, -0.2) is 15.0 Å². The molecule has 2 aromatic heterocycles. The van der Waals surface area contributed by atoms with Gasteiger partial charge >= 0.3 is 0 Å². The minimum absolute atomic E-state index is 0.0814. The maximum absolute atomic E-state index is 12.1. The van der Waals surface area contributed by atoms with Crippen LogP contribution in [0.4, 0.5) is 5.69 Å². The molecule has 0 radical (unpaired) electrons. The van der Waals surface area contributed by atoms with Gasteiger partial charge in [-0.1, -0.05) is 0 Å². The van der Waals surface area contributed by atoms with Crippen LogP contribution < -0.4 is 10.9 Å².